The molecule has 0 atom stereocenters. The van der Waals surface area contributed by atoms with E-state index >= 15 is 0 Å². The van der Waals surface area contributed by atoms with Crippen LogP contribution < -0.4 is 5.63 Å². The number of rotatable bonds is 4. The molecule has 6 heteroatoms. The van der Waals surface area contributed by atoms with E-state index in [0.717, 1.165) is 4.47 Å². The number of hydrogen-bond donors (Lipinski definition) is 0. The summed E-state index contributed by atoms with van der Waals surface area (Å²) in [6, 6.07) is 14.9. The fourth-order valence-corrected chi connectivity index (χ4v) is 2.56. The standard InChI is InChI=1S/C18H11BrO5/c19-13-6-3-5-11(8-13)15(20)10-23-17(21)14-9-12-4-1-2-7-16(12)24-18(14)22/h1-9H,10H2. The van der Waals surface area contributed by atoms with Gasteiger partial charge < -0.3 is 9.15 Å². The third kappa shape index (κ3) is 3.44. The normalized spacial score (nSPS) is 10.5. The molecule has 0 fully saturated rings. The summed E-state index contributed by atoms with van der Waals surface area (Å²) in [5.41, 5.74) is -0.253. The van der Waals surface area contributed by atoms with Gasteiger partial charge in [-0.1, -0.05) is 46.3 Å². The first-order valence-electron chi connectivity index (χ1n) is 7.03. The second-order valence-electron chi connectivity index (χ2n) is 5.00. The Balaban J connectivity index is 1.77. The van der Waals surface area contributed by atoms with Crippen LogP contribution in [-0.2, 0) is 4.74 Å². The maximum Gasteiger partial charge on any atom is 0.351 e. The Labute approximate surface area is 145 Å². The van der Waals surface area contributed by atoms with Crippen molar-refractivity contribution in [3.05, 3.63) is 80.6 Å². The minimum atomic E-state index is -0.891. The maximum absolute atomic E-state index is 12.1. The topological polar surface area (TPSA) is 73.6 Å². The number of Topliss-reactive ketones (excluding diaryl/α,β-unsaturated/α-hetero) is 1. The van der Waals surface area contributed by atoms with Crippen molar-refractivity contribution < 1.29 is 18.7 Å². The van der Waals surface area contributed by atoms with Gasteiger partial charge in [0, 0.05) is 15.4 Å². The number of ether oxygens (including phenoxy) is 1. The van der Waals surface area contributed by atoms with Crippen molar-refractivity contribution in [3.63, 3.8) is 0 Å². The molecule has 2 aromatic carbocycles. The number of benzene rings is 2. The van der Waals surface area contributed by atoms with E-state index in [-0.39, 0.29) is 11.3 Å². The van der Waals surface area contributed by atoms with Gasteiger partial charge in [-0.25, -0.2) is 9.59 Å². The molecular formula is C18H11BrO5. The molecule has 0 saturated carbocycles. The monoisotopic (exact) mass is 386 g/mol. The van der Waals surface area contributed by atoms with Crippen LogP contribution >= 0.6 is 15.9 Å². The number of hydrogen-bond acceptors (Lipinski definition) is 5. The van der Waals surface area contributed by atoms with Gasteiger partial charge in [-0.05, 0) is 24.3 Å². The lowest BCUT2D eigenvalue weighted by atomic mass is 10.1. The number of carbonyl (C=O) groups excluding carboxylic acids is 2. The summed E-state index contributed by atoms with van der Waals surface area (Å²) < 4.78 is 10.8. The Bertz CT molecular complexity index is 990. The lowest BCUT2D eigenvalue weighted by Gasteiger charge is -2.05. The van der Waals surface area contributed by atoms with E-state index in [4.69, 9.17) is 9.15 Å². The first-order chi connectivity index (χ1) is 11.5. The molecule has 1 aromatic heterocycles. The fraction of sp³-hybridized carbons (Fsp3) is 0.0556. The lowest BCUT2D eigenvalue weighted by molar-refractivity contribution is 0.0470. The number of para-hydroxylation sites is 1. The molecule has 1 heterocycles. The zero-order valence-electron chi connectivity index (χ0n) is 12.3. The van der Waals surface area contributed by atoms with E-state index in [1.807, 2.05) is 0 Å². The summed E-state index contributed by atoms with van der Waals surface area (Å²) in [7, 11) is 0. The van der Waals surface area contributed by atoms with Crippen LogP contribution in [0.15, 0.2) is 68.3 Å². The Hall–Kier alpha value is -2.73. The summed E-state index contributed by atoms with van der Waals surface area (Å²) >= 11 is 3.27. The van der Waals surface area contributed by atoms with Gasteiger partial charge in [0.1, 0.15) is 11.1 Å². The van der Waals surface area contributed by atoms with Gasteiger partial charge in [0.25, 0.3) is 0 Å². The predicted octanol–water partition coefficient (Wildman–Crippen LogP) is 3.60. The fourth-order valence-electron chi connectivity index (χ4n) is 2.16. The third-order valence-corrected chi connectivity index (χ3v) is 3.84. The van der Waals surface area contributed by atoms with E-state index in [9.17, 15) is 14.4 Å². The molecule has 0 unspecified atom stereocenters. The number of ketones is 1. The van der Waals surface area contributed by atoms with Gasteiger partial charge in [0.15, 0.2) is 12.4 Å². The molecule has 0 aliphatic rings. The molecule has 0 aliphatic heterocycles. The maximum atomic E-state index is 12.1. The number of halogens is 1. The molecule has 5 nitrogen and oxygen atoms in total. The molecule has 0 saturated heterocycles. The summed E-state index contributed by atoms with van der Waals surface area (Å²) in [4.78, 5) is 36.0. The highest BCUT2D eigenvalue weighted by Crippen LogP contribution is 2.14. The molecule has 0 bridgehead atoms. The van der Waals surface area contributed by atoms with Crippen LogP contribution in [0.5, 0.6) is 0 Å². The highest BCUT2D eigenvalue weighted by molar-refractivity contribution is 9.10. The molecule has 120 valence electrons. The molecule has 3 aromatic rings. The lowest BCUT2D eigenvalue weighted by Crippen LogP contribution is -2.20. The zero-order valence-corrected chi connectivity index (χ0v) is 13.9. The molecule has 3 rings (SSSR count). The summed E-state index contributed by atoms with van der Waals surface area (Å²) in [5.74, 6) is -1.26. The van der Waals surface area contributed by atoms with Gasteiger partial charge >= 0.3 is 11.6 Å². The Morgan fingerprint density at radius 1 is 1.04 bits per heavy atom. The molecule has 0 amide bonds. The average Bonchev–Trinajstić information content (AvgIpc) is 2.58. The SMILES string of the molecule is O=C(COC(=O)c1cc2ccccc2oc1=O)c1cccc(Br)c1. The van der Waals surface area contributed by atoms with Crippen LogP contribution in [0.2, 0.25) is 0 Å². The minimum Gasteiger partial charge on any atom is -0.453 e. The van der Waals surface area contributed by atoms with E-state index in [1.165, 1.54) is 6.07 Å². The van der Waals surface area contributed by atoms with Crippen molar-refractivity contribution in [1.29, 1.82) is 0 Å². The van der Waals surface area contributed by atoms with Crippen molar-refractivity contribution in [2.24, 2.45) is 0 Å². The molecule has 0 aliphatic carbocycles. The van der Waals surface area contributed by atoms with Crippen molar-refractivity contribution in [3.8, 4) is 0 Å². The van der Waals surface area contributed by atoms with Gasteiger partial charge in [0.05, 0.1) is 0 Å². The van der Waals surface area contributed by atoms with Crippen molar-refractivity contribution >= 4 is 38.7 Å². The van der Waals surface area contributed by atoms with E-state index in [0.29, 0.717) is 16.5 Å². The van der Waals surface area contributed by atoms with Gasteiger partial charge in [-0.15, -0.1) is 0 Å². The van der Waals surface area contributed by atoms with Gasteiger partial charge in [-0.3, -0.25) is 4.79 Å². The Kier molecular flexibility index (Phi) is 4.57. The smallest absolute Gasteiger partial charge is 0.351 e. The van der Waals surface area contributed by atoms with E-state index in [2.05, 4.69) is 15.9 Å². The Morgan fingerprint density at radius 3 is 2.62 bits per heavy atom. The first-order valence-corrected chi connectivity index (χ1v) is 7.83. The highest BCUT2D eigenvalue weighted by atomic mass is 79.9. The third-order valence-electron chi connectivity index (χ3n) is 3.34. The number of fused-ring (bicyclic) bond motifs is 1. The van der Waals surface area contributed by atoms with Crippen LogP contribution in [0.1, 0.15) is 20.7 Å². The summed E-state index contributed by atoms with van der Waals surface area (Å²) in [6.45, 7) is -0.457. The summed E-state index contributed by atoms with van der Waals surface area (Å²) in [5, 5.41) is 0.599. The minimum absolute atomic E-state index is 0.240. The quantitative estimate of drug-likeness (QED) is 0.389. The van der Waals surface area contributed by atoms with Crippen LogP contribution in [0.25, 0.3) is 11.0 Å². The number of carbonyl (C=O) groups is 2. The van der Waals surface area contributed by atoms with Gasteiger partial charge in [0.2, 0.25) is 0 Å². The van der Waals surface area contributed by atoms with Crippen LogP contribution in [0, 0.1) is 0 Å². The molecule has 0 spiro atoms. The van der Waals surface area contributed by atoms with Crippen molar-refractivity contribution in [2.45, 2.75) is 0 Å². The zero-order chi connectivity index (χ0) is 17.1. The second-order valence-corrected chi connectivity index (χ2v) is 5.91. The summed E-state index contributed by atoms with van der Waals surface area (Å²) in [6.07, 6.45) is 0. The first kappa shape index (κ1) is 16.1. The Morgan fingerprint density at radius 2 is 1.83 bits per heavy atom. The van der Waals surface area contributed by atoms with Crippen LogP contribution in [0.3, 0.4) is 0 Å². The number of esters is 1. The van der Waals surface area contributed by atoms with Crippen molar-refractivity contribution in [2.75, 3.05) is 6.61 Å². The van der Waals surface area contributed by atoms with Gasteiger partial charge in [-0.2, -0.15) is 0 Å². The van der Waals surface area contributed by atoms with Crippen LogP contribution in [0.4, 0.5) is 0 Å². The van der Waals surface area contributed by atoms with Crippen LogP contribution in [-0.4, -0.2) is 18.4 Å². The molecule has 0 radical (unpaired) electrons. The molecule has 24 heavy (non-hydrogen) atoms. The molecular weight excluding hydrogens is 376 g/mol. The van der Waals surface area contributed by atoms with E-state index in [1.54, 1.807) is 48.5 Å². The largest absolute Gasteiger partial charge is 0.453 e. The highest BCUT2D eigenvalue weighted by Gasteiger charge is 2.17. The average molecular weight is 387 g/mol. The van der Waals surface area contributed by atoms with E-state index < -0.39 is 18.2 Å². The van der Waals surface area contributed by atoms with Crippen molar-refractivity contribution in [1.82, 2.24) is 0 Å². The predicted molar refractivity (Wildman–Crippen MR) is 91.2 cm³/mol. The second kappa shape index (κ2) is 6.80. The molecule has 0 N–H and O–H groups in total.